The van der Waals surface area contributed by atoms with E-state index >= 15 is 0 Å². The van der Waals surface area contributed by atoms with Crippen molar-refractivity contribution in [3.05, 3.63) is 64.1 Å². The van der Waals surface area contributed by atoms with E-state index in [1.807, 2.05) is 32.1 Å². The van der Waals surface area contributed by atoms with E-state index in [1.165, 1.54) is 11.3 Å². The van der Waals surface area contributed by atoms with Gasteiger partial charge in [-0.3, -0.25) is 14.4 Å². The predicted octanol–water partition coefficient (Wildman–Crippen LogP) is 5.13. The standard InChI is InChI=1S/C28H31N3O4S2.C6H14N2O2/c1-16(2)31(27(33)19-6-4-17(3)5-7-19)24-13-20(12-22(25(24)36)28(34)35)18-8-10-21(11-9-18)30-26(32)23-14-37-15-29-23;7-4-2-1-3-5(8)6(9)10/h8-17,19,24H,4-7H2,1-3H3,(H,30,32)(H,34,35);5H,1-4,7-8H2,(H,9,10)/t;5-/m.0/s1. The van der Waals surface area contributed by atoms with E-state index in [0.29, 0.717) is 35.8 Å². The van der Waals surface area contributed by atoms with Crippen molar-refractivity contribution in [2.45, 2.75) is 83.8 Å². The summed E-state index contributed by atoms with van der Waals surface area (Å²) in [7, 11) is 0. The van der Waals surface area contributed by atoms with Crippen molar-refractivity contribution >= 4 is 63.4 Å². The highest BCUT2D eigenvalue weighted by atomic mass is 32.1. The Balaban J connectivity index is 0.000000520. The molecule has 1 aromatic heterocycles. The van der Waals surface area contributed by atoms with Crippen molar-refractivity contribution in [3.63, 3.8) is 0 Å². The van der Waals surface area contributed by atoms with Gasteiger partial charge in [-0.1, -0.05) is 37.7 Å². The van der Waals surface area contributed by atoms with Gasteiger partial charge in [0.1, 0.15) is 11.7 Å². The lowest BCUT2D eigenvalue weighted by molar-refractivity contribution is -0.139. The molecule has 2 aliphatic carbocycles. The van der Waals surface area contributed by atoms with Gasteiger partial charge in [0, 0.05) is 23.0 Å². The fourth-order valence-electron chi connectivity index (χ4n) is 5.56. The molecular formula is C34H45N5O6S2. The van der Waals surface area contributed by atoms with Crippen LogP contribution in [0.25, 0.3) is 5.57 Å². The summed E-state index contributed by atoms with van der Waals surface area (Å²) in [4.78, 5) is 54.3. The van der Waals surface area contributed by atoms with E-state index in [0.717, 1.165) is 44.1 Å². The third kappa shape index (κ3) is 10.6. The maximum Gasteiger partial charge on any atom is 0.336 e. The molecule has 2 amide bonds. The molecule has 1 unspecified atom stereocenters. The van der Waals surface area contributed by atoms with Gasteiger partial charge in [0.15, 0.2) is 0 Å². The molecule has 0 aliphatic heterocycles. The number of thiazole rings is 1. The summed E-state index contributed by atoms with van der Waals surface area (Å²) in [5, 5.41) is 22.7. The molecule has 2 aromatic rings. The van der Waals surface area contributed by atoms with Gasteiger partial charge in [-0.2, -0.15) is 0 Å². The molecule has 0 spiro atoms. The highest BCUT2D eigenvalue weighted by molar-refractivity contribution is 7.81. The smallest absolute Gasteiger partial charge is 0.336 e. The maximum absolute atomic E-state index is 13.7. The van der Waals surface area contributed by atoms with E-state index in [-0.39, 0.29) is 34.2 Å². The first kappa shape index (κ1) is 37.7. The second kappa shape index (κ2) is 17.9. The Labute approximate surface area is 285 Å². The van der Waals surface area contributed by atoms with E-state index < -0.39 is 24.0 Å². The third-order valence-corrected chi connectivity index (χ3v) is 9.35. The fraction of sp³-hybridized carbons (Fsp3) is 0.471. The molecule has 7 N–H and O–H groups in total. The monoisotopic (exact) mass is 683 g/mol. The number of nitrogens with two attached hydrogens (primary N) is 2. The molecule has 2 atom stereocenters. The molecule has 1 fully saturated rings. The topological polar surface area (TPSA) is 189 Å². The average molecular weight is 684 g/mol. The molecular weight excluding hydrogens is 639 g/mol. The van der Waals surface area contributed by atoms with Crippen molar-refractivity contribution in [1.29, 1.82) is 0 Å². The molecule has 1 heterocycles. The first-order valence-electron chi connectivity index (χ1n) is 15.9. The summed E-state index contributed by atoms with van der Waals surface area (Å²) < 4.78 is 0. The van der Waals surface area contributed by atoms with Crippen LogP contribution >= 0.6 is 23.6 Å². The number of thiocarbonyl (C=S) groups is 1. The molecule has 2 aliphatic rings. The molecule has 4 rings (SSSR count). The van der Waals surface area contributed by atoms with E-state index in [1.54, 1.807) is 34.0 Å². The van der Waals surface area contributed by atoms with Gasteiger partial charge in [-0.25, -0.2) is 9.78 Å². The molecule has 0 radical (unpaired) electrons. The molecule has 0 bridgehead atoms. The Morgan fingerprint density at radius 1 is 1.09 bits per heavy atom. The molecule has 11 nitrogen and oxygen atoms in total. The maximum atomic E-state index is 13.7. The van der Waals surface area contributed by atoms with Crippen LogP contribution in [-0.2, 0) is 14.4 Å². The molecule has 1 aromatic carbocycles. The summed E-state index contributed by atoms with van der Waals surface area (Å²) >= 11 is 6.98. The normalized spacial score (nSPS) is 19.9. The Kier molecular flexibility index (Phi) is 14.4. The number of aromatic nitrogens is 1. The van der Waals surface area contributed by atoms with E-state index in [4.69, 9.17) is 28.8 Å². The zero-order valence-corrected chi connectivity index (χ0v) is 28.7. The van der Waals surface area contributed by atoms with Gasteiger partial charge < -0.3 is 31.9 Å². The van der Waals surface area contributed by atoms with Gasteiger partial charge in [-0.15, -0.1) is 11.3 Å². The summed E-state index contributed by atoms with van der Waals surface area (Å²) in [5.41, 5.74) is 14.4. The van der Waals surface area contributed by atoms with Gasteiger partial charge >= 0.3 is 11.9 Å². The number of hydrogen-bond donors (Lipinski definition) is 5. The zero-order valence-electron chi connectivity index (χ0n) is 27.1. The number of anilines is 1. The lowest BCUT2D eigenvalue weighted by atomic mass is 9.81. The summed E-state index contributed by atoms with van der Waals surface area (Å²) in [5.74, 6) is -1.76. The number of rotatable bonds is 12. The Bertz CT molecular complexity index is 1460. The van der Waals surface area contributed by atoms with Gasteiger partial charge in [-0.05, 0) is 100 Å². The minimum absolute atomic E-state index is 0.0223. The van der Waals surface area contributed by atoms with E-state index in [9.17, 15) is 24.3 Å². The number of aliphatic carboxylic acids is 2. The highest BCUT2D eigenvalue weighted by Gasteiger charge is 2.37. The van der Waals surface area contributed by atoms with Crippen LogP contribution in [0.2, 0.25) is 0 Å². The Hall–Kier alpha value is -3.78. The van der Waals surface area contributed by atoms with Crippen molar-refractivity contribution in [1.82, 2.24) is 9.88 Å². The van der Waals surface area contributed by atoms with Crippen LogP contribution in [0.3, 0.4) is 0 Å². The molecule has 0 saturated heterocycles. The minimum atomic E-state index is -1.12. The van der Waals surface area contributed by atoms with Crippen LogP contribution in [-0.4, -0.2) is 73.4 Å². The van der Waals surface area contributed by atoms with Gasteiger partial charge in [0.25, 0.3) is 5.91 Å². The number of hydrogen-bond acceptors (Lipinski definition) is 9. The summed E-state index contributed by atoms with van der Waals surface area (Å²) in [6.07, 6.45) is 9.34. The van der Waals surface area contributed by atoms with Crippen LogP contribution in [0.5, 0.6) is 0 Å². The average Bonchev–Trinajstić information content (AvgIpc) is 3.58. The largest absolute Gasteiger partial charge is 0.480 e. The number of amides is 2. The highest BCUT2D eigenvalue weighted by Crippen LogP contribution is 2.34. The van der Waals surface area contributed by atoms with Crippen LogP contribution < -0.4 is 16.8 Å². The number of nitrogens with one attached hydrogen (secondary N) is 1. The van der Waals surface area contributed by atoms with Crippen molar-refractivity contribution < 1.29 is 29.4 Å². The fourth-order valence-corrected chi connectivity index (χ4v) is 6.42. The zero-order chi connectivity index (χ0) is 34.7. The third-order valence-electron chi connectivity index (χ3n) is 8.30. The second-order valence-corrected chi connectivity index (χ2v) is 13.4. The number of benzene rings is 1. The number of carbonyl (C=O) groups excluding carboxylic acids is 2. The number of carbonyl (C=O) groups is 4. The first-order chi connectivity index (χ1) is 22.3. The molecule has 13 heteroatoms. The lowest BCUT2D eigenvalue weighted by Crippen LogP contribution is -2.51. The second-order valence-electron chi connectivity index (χ2n) is 12.2. The number of unbranched alkanes of at least 4 members (excludes halogenated alkanes) is 1. The molecule has 1 saturated carbocycles. The van der Waals surface area contributed by atoms with Crippen molar-refractivity contribution in [3.8, 4) is 0 Å². The van der Waals surface area contributed by atoms with Crippen LogP contribution in [0.4, 0.5) is 5.69 Å². The Morgan fingerprint density at radius 3 is 2.28 bits per heavy atom. The van der Waals surface area contributed by atoms with Crippen molar-refractivity contribution in [2.75, 3.05) is 11.9 Å². The quantitative estimate of drug-likeness (QED) is 0.148. The SMILES string of the molecule is CC1CCC(C(=O)N(C(C)C)C2C=C(c3ccc(NC(=O)c4cscn4)cc3)C=C(C(=O)O)C2=S)CC1.NCCCC[C@H](N)C(=O)O. The number of carboxylic acids is 2. The van der Waals surface area contributed by atoms with Crippen LogP contribution in [0.1, 0.15) is 81.8 Å². The van der Waals surface area contributed by atoms with Gasteiger partial charge in [0.05, 0.1) is 22.0 Å². The van der Waals surface area contributed by atoms with Crippen LogP contribution in [0.15, 0.2) is 52.9 Å². The molecule has 254 valence electrons. The first-order valence-corrected chi connectivity index (χ1v) is 17.2. The van der Waals surface area contributed by atoms with Crippen LogP contribution in [0, 0.1) is 11.8 Å². The lowest BCUT2D eigenvalue weighted by Gasteiger charge is -2.39. The predicted molar refractivity (Wildman–Crippen MR) is 188 cm³/mol. The Morgan fingerprint density at radius 2 is 1.74 bits per heavy atom. The minimum Gasteiger partial charge on any atom is -0.480 e. The molecule has 47 heavy (non-hydrogen) atoms. The number of nitrogens with zero attached hydrogens (tertiary/aromatic N) is 2. The number of allylic oxidation sites excluding steroid dienone is 2. The number of carboxylic acid groups (broad SMARTS) is 2. The summed E-state index contributed by atoms with van der Waals surface area (Å²) in [6.45, 7) is 6.70. The van der Waals surface area contributed by atoms with E-state index in [2.05, 4.69) is 17.2 Å². The van der Waals surface area contributed by atoms with Crippen molar-refractivity contribution in [2.24, 2.45) is 23.3 Å². The summed E-state index contributed by atoms with van der Waals surface area (Å²) in [6, 6.07) is 5.64. The van der Waals surface area contributed by atoms with Gasteiger partial charge in [0.2, 0.25) is 5.91 Å².